The summed E-state index contributed by atoms with van der Waals surface area (Å²) in [6.45, 7) is 2.34. The van der Waals surface area contributed by atoms with Crippen LogP contribution in [0.25, 0.3) is 5.65 Å². The fourth-order valence-corrected chi connectivity index (χ4v) is 1.68. The van der Waals surface area contributed by atoms with Crippen LogP contribution < -0.4 is 11.0 Å². The van der Waals surface area contributed by atoms with Gasteiger partial charge in [0.05, 0.1) is 12.2 Å². The SMILES string of the molecule is Cc1nccc(CNc2ccc3n[nH]c(=O)n3n2)n1. The van der Waals surface area contributed by atoms with Crippen LogP contribution in [0.3, 0.4) is 0 Å². The van der Waals surface area contributed by atoms with Crippen LogP contribution in [0.2, 0.25) is 0 Å². The molecule has 0 saturated heterocycles. The van der Waals surface area contributed by atoms with Gasteiger partial charge >= 0.3 is 5.69 Å². The molecule has 3 heterocycles. The second-order valence-electron chi connectivity index (χ2n) is 3.97. The zero-order chi connectivity index (χ0) is 13.2. The Hall–Kier alpha value is -2.77. The molecule has 8 nitrogen and oxygen atoms in total. The van der Waals surface area contributed by atoms with E-state index in [0.717, 1.165) is 5.69 Å². The Labute approximate surface area is 107 Å². The molecule has 8 heteroatoms. The van der Waals surface area contributed by atoms with Crippen LogP contribution in [-0.4, -0.2) is 29.8 Å². The van der Waals surface area contributed by atoms with Crippen molar-refractivity contribution in [2.24, 2.45) is 0 Å². The van der Waals surface area contributed by atoms with Crippen LogP contribution in [0.5, 0.6) is 0 Å². The molecule has 3 aromatic rings. The van der Waals surface area contributed by atoms with Crippen molar-refractivity contribution in [1.29, 1.82) is 0 Å². The molecule has 0 fully saturated rings. The van der Waals surface area contributed by atoms with Gasteiger partial charge in [-0.25, -0.2) is 19.9 Å². The van der Waals surface area contributed by atoms with E-state index < -0.39 is 0 Å². The number of aryl methyl sites for hydroxylation is 1. The zero-order valence-electron chi connectivity index (χ0n) is 10.2. The third-order valence-electron chi connectivity index (χ3n) is 2.56. The normalized spacial score (nSPS) is 10.8. The average molecular weight is 257 g/mol. The molecule has 0 aliphatic carbocycles. The average Bonchev–Trinajstić information content (AvgIpc) is 2.78. The molecule has 0 saturated carbocycles. The van der Waals surface area contributed by atoms with Gasteiger partial charge in [0.15, 0.2) is 5.65 Å². The molecule has 0 radical (unpaired) electrons. The Balaban J connectivity index is 1.81. The minimum absolute atomic E-state index is 0.364. The smallest absolute Gasteiger partial charge is 0.363 e. The maximum Gasteiger partial charge on any atom is 0.364 e. The first-order chi connectivity index (χ1) is 9.22. The molecular weight excluding hydrogens is 246 g/mol. The number of rotatable bonds is 3. The van der Waals surface area contributed by atoms with Crippen molar-refractivity contribution in [3.63, 3.8) is 0 Å². The Morgan fingerprint density at radius 1 is 1.37 bits per heavy atom. The van der Waals surface area contributed by atoms with Crippen molar-refractivity contribution in [2.45, 2.75) is 13.5 Å². The van der Waals surface area contributed by atoms with Crippen LogP contribution in [0.1, 0.15) is 11.5 Å². The van der Waals surface area contributed by atoms with E-state index in [1.165, 1.54) is 4.52 Å². The van der Waals surface area contributed by atoms with Crippen molar-refractivity contribution in [2.75, 3.05) is 5.32 Å². The van der Waals surface area contributed by atoms with Crippen LogP contribution in [0, 0.1) is 6.92 Å². The summed E-state index contributed by atoms with van der Waals surface area (Å²) >= 11 is 0. The number of hydrogen-bond donors (Lipinski definition) is 2. The summed E-state index contributed by atoms with van der Waals surface area (Å²) in [6, 6.07) is 5.28. The molecule has 0 spiro atoms. The lowest BCUT2D eigenvalue weighted by Gasteiger charge is -2.05. The number of nitrogens with one attached hydrogen (secondary N) is 2. The first-order valence-electron chi connectivity index (χ1n) is 5.69. The topological polar surface area (TPSA) is 101 Å². The highest BCUT2D eigenvalue weighted by molar-refractivity contribution is 5.43. The van der Waals surface area contributed by atoms with Gasteiger partial charge in [0.2, 0.25) is 0 Å². The number of H-pyrrole nitrogens is 1. The van der Waals surface area contributed by atoms with E-state index in [2.05, 4.69) is 30.6 Å². The lowest BCUT2D eigenvalue weighted by atomic mass is 10.4. The van der Waals surface area contributed by atoms with Gasteiger partial charge in [0.25, 0.3) is 0 Å². The van der Waals surface area contributed by atoms with E-state index in [4.69, 9.17) is 0 Å². The summed E-state index contributed by atoms with van der Waals surface area (Å²) in [5, 5.41) is 13.4. The molecule has 0 unspecified atom stereocenters. The summed E-state index contributed by atoms with van der Waals surface area (Å²) in [7, 11) is 0. The summed E-state index contributed by atoms with van der Waals surface area (Å²) < 4.78 is 1.20. The van der Waals surface area contributed by atoms with Gasteiger partial charge in [0.1, 0.15) is 11.6 Å². The molecule has 96 valence electrons. The standard InChI is InChI=1S/C11H11N7O/c1-7-12-5-4-8(14-7)6-13-9-2-3-10-15-16-11(19)18(10)17-9/h2-5H,6H2,1H3,(H,13,17)(H,16,19). The Morgan fingerprint density at radius 3 is 3.11 bits per heavy atom. The van der Waals surface area contributed by atoms with Crippen LogP contribution in [-0.2, 0) is 6.54 Å². The van der Waals surface area contributed by atoms with Gasteiger partial charge in [0, 0.05) is 6.20 Å². The van der Waals surface area contributed by atoms with Crippen molar-refractivity contribution >= 4 is 11.5 Å². The van der Waals surface area contributed by atoms with Crippen LogP contribution in [0.4, 0.5) is 5.82 Å². The zero-order valence-corrected chi connectivity index (χ0v) is 10.2. The highest BCUT2D eigenvalue weighted by Gasteiger charge is 2.03. The van der Waals surface area contributed by atoms with Gasteiger partial charge < -0.3 is 5.32 Å². The van der Waals surface area contributed by atoms with Crippen molar-refractivity contribution in [3.05, 3.63) is 46.4 Å². The van der Waals surface area contributed by atoms with Crippen molar-refractivity contribution in [3.8, 4) is 0 Å². The Bertz CT molecular complexity index is 776. The van der Waals surface area contributed by atoms with E-state index in [9.17, 15) is 4.79 Å². The quantitative estimate of drug-likeness (QED) is 0.691. The molecule has 0 amide bonds. The van der Waals surface area contributed by atoms with Gasteiger partial charge in [-0.2, -0.15) is 9.61 Å². The summed E-state index contributed by atoms with van der Waals surface area (Å²) in [4.78, 5) is 19.7. The summed E-state index contributed by atoms with van der Waals surface area (Å²) in [6.07, 6.45) is 1.70. The lowest BCUT2D eigenvalue weighted by molar-refractivity contribution is 0.869. The predicted octanol–water partition coefficient (Wildman–Crippen LogP) is 0.128. The van der Waals surface area contributed by atoms with Gasteiger partial charge in [-0.3, -0.25) is 0 Å². The molecular formula is C11H11N7O. The number of nitrogens with zero attached hydrogens (tertiary/aromatic N) is 5. The van der Waals surface area contributed by atoms with Crippen molar-refractivity contribution < 1.29 is 0 Å². The van der Waals surface area contributed by atoms with E-state index >= 15 is 0 Å². The van der Waals surface area contributed by atoms with E-state index in [0.29, 0.717) is 23.8 Å². The number of aromatic amines is 1. The van der Waals surface area contributed by atoms with Gasteiger partial charge in [-0.1, -0.05) is 0 Å². The minimum Gasteiger partial charge on any atom is -0.363 e. The fourth-order valence-electron chi connectivity index (χ4n) is 1.68. The molecule has 2 N–H and O–H groups in total. The number of anilines is 1. The molecule has 3 rings (SSSR count). The van der Waals surface area contributed by atoms with Gasteiger partial charge in [-0.15, -0.1) is 5.10 Å². The van der Waals surface area contributed by atoms with E-state index in [1.54, 1.807) is 18.3 Å². The summed E-state index contributed by atoms with van der Waals surface area (Å²) in [5.41, 5.74) is 0.971. The van der Waals surface area contributed by atoms with Crippen LogP contribution >= 0.6 is 0 Å². The lowest BCUT2D eigenvalue weighted by Crippen LogP contribution is -2.14. The number of aromatic nitrogens is 6. The number of fused-ring (bicyclic) bond motifs is 1. The highest BCUT2D eigenvalue weighted by Crippen LogP contribution is 2.05. The molecule has 3 aromatic heterocycles. The highest BCUT2D eigenvalue weighted by atomic mass is 16.2. The largest absolute Gasteiger partial charge is 0.364 e. The Kier molecular flexibility index (Phi) is 2.67. The molecule has 0 atom stereocenters. The second-order valence-corrected chi connectivity index (χ2v) is 3.97. The maximum atomic E-state index is 11.4. The minimum atomic E-state index is -0.364. The molecule has 0 bridgehead atoms. The molecule has 19 heavy (non-hydrogen) atoms. The maximum absolute atomic E-state index is 11.4. The van der Waals surface area contributed by atoms with E-state index in [-0.39, 0.29) is 5.69 Å². The molecule has 0 aliphatic heterocycles. The van der Waals surface area contributed by atoms with Crippen LogP contribution in [0.15, 0.2) is 29.2 Å². The van der Waals surface area contributed by atoms with Crippen molar-refractivity contribution in [1.82, 2.24) is 29.8 Å². The first-order valence-corrected chi connectivity index (χ1v) is 5.69. The molecule has 0 aliphatic rings. The third kappa shape index (κ3) is 2.28. The molecule has 0 aromatic carbocycles. The fraction of sp³-hybridized carbons (Fsp3) is 0.182. The predicted molar refractivity (Wildman–Crippen MR) is 67.7 cm³/mol. The monoisotopic (exact) mass is 257 g/mol. The third-order valence-corrected chi connectivity index (χ3v) is 2.56. The summed E-state index contributed by atoms with van der Waals surface area (Å²) in [5.74, 6) is 1.29. The van der Waals surface area contributed by atoms with Gasteiger partial charge in [-0.05, 0) is 25.1 Å². The number of hydrogen-bond acceptors (Lipinski definition) is 6. The van der Waals surface area contributed by atoms with E-state index in [1.807, 2.05) is 13.0 Å². The first kappa shape index (κ1) is 11.3. The second kappa shape index (κ2) is 4.48. The Morgan fingerprint density at radius 2 is 2.26 bits per heavy atom.